The zero-order valence-electron chi connectivity index (χ0n) is 13.5. The van der Waals surface area contributed by atoms with Crippen molar-refractivity contribution in [2.24, 2.45) is 5.73 Å². The second-order valence-corrected chi connectivity index (χ2v) is 6.28. The highest BCUT2D eigenvalue weighted by atomic mass is 16.6. The molecule has 0 saturated carbocycles. The van der Waals surface area contributed by atoms with Crippen molar-refractivity contribution in [2.45, 2.75) is 12.6 Å². The molecule has 0 bridgehead atoms. The molecule has 2 N–H and O–H groups in total. The molecule has 2 heterocycles. The normalized spacial score (nSPS) is 18.1. The number of nitro groups is 1. The lowest BCUT2D eigenvalue weighted by Gasteiger charge is -2.31. The number of hydrogen-bond acceptors (Lipinski definition) is 5. The number of Topliss-reactive ketones (excluding diaryl/α,β-unsaturated/α-hetero) is 1. The van der Waals surface area contributed by atoms with E-state index < -0.39 is 4.92 Å². The molecule has 1 atom stereocenters. The first kappa shape index (κ1) is 15.2. The van der Waals surface area contributed by atoms with E-state index in [4.69, 9.17) is 5.73 Å². The Balaban J connectivity index is 1.76. The van der Waals surface area contributed by atoms with Gasteiger partial charge >= 0.3 is 0 Å². The van der Waals surface area contributed by atoms with E-state index in [0.29, 0.717) is 12.2 Å². The van der Waals surface area contributed by atoms with Gasteiger partial charge in [0.25, 0.3) is 5.69 Å². The first-order chi connectivity index (χ1) is 12.0. The van der Waals surface area contributed by atoms with Gasteiger partial charge in [-0.1, -0.05) is 12.1 Å². The maximum atomic E-state index is 12.6. The van der Waals surface area contributed by atoms with Gasteiger partial charge in [0.2, 0.25) is 5.78 Å². The summed E-state index contributed by atoms with van der Waals surface area (Å²) in [4.78, 5) is 25.0. The third kappa shape index (κ3) is 2.32. The van der Waals surface area contributed by atoms with Gasteiger partial charge in [-0.05, 0) is 23.3 Å². The van der Waals surface area contributed by atoms with Crippen LogP contribution in [-0.4, -0.2) is 27.2 Å². The van der Waals surface area contributed by atoms with Crippen LogP contribution in [0.2, 0.25) is 0 Å². The number of nitro benzene ring substituents is 1. The lowest BCUT2D eigenvalue weighted by atomic mass is 9.90. The molecule has 1 aromatic heterocycles. The van der Waals surface area contributed by atoms with Crippen LogP contribution in [0.4, 0.5) is 5.69 Å². The minimum Gasteiger partial charge on any atom is -0.396 e. The Labute approximate surface area is 143 Å². The summed E-state index contributed by atoms with van der Waals surface area (Å²) in [6.45, 7) is 0.448. The number of non-ortho nitro benzene ring substituents is 1. The van der Waals surface area contributed by atoms with Crippen molar-refractivity contribution in [1.29, 1.82) is 0 Å². The maximum Gasteiger partial charge on any atom is 0.269 e. The molecule has 1 aliphatic carbocycles. The fourth-order valence-corrected chi connectivity index (χ4v) is 3.41. The van der Waals surface area contributed by atoms with Gasteiger partial charge in [0.05, 0.1) is 22.4 Å². The summed E-state index contributed by atoms with van der Waals surface area (Å²) >= 11 is 0. The lowest BCUT2D eigenvalue weighted by Crippen LogP contribution is -2.30. The van der Waals surface area contributed by atoms with Gasteiger partial charge < -0.3 is 15.2 Å². The van der Waals surface area contributed by atoms with Crippen molar-refractivity contribution in [3.05, 3.63) is 80.9 Å². The molecule has 0 fully saturated rings. The summed E-state index contributed by atoms with van der Waals surface area (Å²) in [6, 6.07) is 6.30. The van der Waals surface area contributed by atoms with E-state index in [2.05, 4.69) is 0 Å². The molecule has 0 spiro atoms. The van der Waals surface area contributed by atoms with E-state index in [1.54, 1.807) is 18.2 Å². The summed E-state index contributed by atoms with van der Waals surface area (Å²) in [5.74, 6) is -0.178. The van der Waals surface area contributed by atoms with Gasteiger partial charge in [-0.25, -0.2) is 0 Å². The van der Waals surface area contributed by atoms with E-state index in [0.717, 1.165) is 16.7 Å². The van der Waals surface area contributed by atoms with E-state index >= 15 is 0 Å². The molecular formula is C18H16N4O3. The molecule has 1 aromatic carbocycles. The molecule has 1 unspecified atom stereocenters. The number of likely N-dealkylation sites (N-methyl/N-ethyl adjacent to an activating group) is 1. The van der Waals surface area contributed by atoms with Crippen molar-refractivity contribution in [1.82, 2.24) is 9.47 Å². The van der Waals surface area contributed by atoms with Crippen LogP contribution >= 0.6 is 0 Å². The van der Waals surface area contributed by atoms with Gasteiger partial charge in [-0.3, -0.25) is 14.9 Å². The number of nitrogens with two attached hydrogens (primary N) is 1. The van der Waals surface area contributed by atoms with Gasteiger partial charge in [0.1, 0.15) is 0 Å². The predicted molar refractivity (Wildman–Crippen MR) is 92.8 cm³/mol. The van der Waals surface area contributed by atoms with Gasteiger partial charge in [-0.15, -0.1) is 0 Å². The maximum absolute atomic E-state index is 12.6. The quantitative estimate of drug-likeness (QED) is 0.686. The van der Waals surface area contributed by atoms with E-state index in [1.165, 1.54) is 12.1 Å². The Kier molecular flexibility index (Phi) is 3.24. The van der Waals surface area contributed by atoms with Gasteiger partial charge in [-0.2, -0.15) is 0 Å². The number of nitrogens with zero attached hydrogens (tertiary/aromatic N) is 3. The molecular weight excluding hydrogens is 320 g/mol. The zero-order valence-corrected chi connectivity index (χ0v) is 13.5. The van der Waals surface area contributed by atoms with Crippen LogP contribution in [-0.2, 0) is 6.54 Å². The monoisotopic (exact) mass is 336 g/mol. The first-order valence-corrected chi connectivity index (χ1v) is 7.84. The summed E-state index contributed by atoms with van der Waals surface area (Å²) < 4.78 is 1.88. The molecule has 0 amide bonds. The minimum absolute atomic E-state index is 0.0461. The number of aromatic nitrogens is 1. The Morgan fingerprint density at radius 1 is 1.28 bits per heavy atom. The van der Waals surface area contributed by atoms with Crippen molar-refractivity contribution in [3.63, 3.8) is 0 Å². The number of benzene rings is 1. The molecule has 0 saturated heterocycles. The second kappa shape index (κ2) is 5.34. The van der Waals surface area contributed by atoms with Crippen molar-refractivity contribution in [2.75, 3.05) is 7.05 Å². The Bertz CT molecular complexity index is 953. The van der Waals surface area contributed by atoms with Gasteiger partial charge in [0, 0.05) is 43.7 Å². The third-order valence-electron chi connectivity index (χ3n) is 4.69. The average Bonchev–Trinajstić information content (AvgIpc) is 2.95. The Morgan fingerprint density at radius 2 is 2.00 bits per heavy atom. The molecule has 7 nitrogen and oxygen atoms in total. The summed E-state index contributed by atoms with van der Waals surface area (Å²) in [5, 5.41) is 10.8. The second-order valence-electron chi connectivity index (χ2n) is 6.28. The highest BCUT2D eigenvalue weighted by Crippen LogP contribution is 2.38. The Morgan fingerprint density at radius 3 is 2.68 bits per heavy atom. The molecule has 2 aromatic rings. The van der Waals surface area contributed by atoms with Crippen LogP contribution in [0.3, 0.4) is 0 Å². The highest BCUT2D eigenvalue weighted by molar-refractivity contribution is 6.10. The topological polar surface area (TPSA) is 94.4 Å². The van der Waals surface area contributed by atoms with E-state index in [9.17, 15) is 14.9 Å². The molecule has 25 heavy (non-hydrogen) atoms. The van der Waals surface area contributed by atoms with Crippen LogP contribution in [0.1, 0.15) is 33.2 Å². The summed E-state index contributed by atoms with van der Waals surface area (Å²) in [6.07, 6.45) is 7.66. The average molecular weight is 336 g/mol. The molecule has 126 valence electrons. The molecule has 4 rings (SSSR count). The van der Waals surface area contributed by atoms with Crippen molar-refractivity contribution in [3.8, 4) is 0 Å². The van der Waals surface area contributed by atoms with Crippen molar-refractivity contribution >= 4 is 17.5 Å². The van der Waals surface area contributed by atoms with E-state index in [1.807, 2.05) is 35.0 Å². The highest BCUT2D eigenvalue weighted by Gasteiger charge is 2.34. The van der Waals surface area contributed by atoms with Crippen LogP contribution in [0.25, 0.3) is 6.08 Å². The summed E-state index contributed by atoms with van der Waals surface area (Å²) in [5.41, 5.74) is 9.67. The molecule has 1 aliphatic heterocycles. The number of carbonyl (C=O) groups excluding carboxylic acids is 1. The fourth-order valence-electron chi connectivity index (χ4n) is 3.41. The van der Waals surface area contributed by atoms with Crippen LogP contribution in [0.15, 0.2) is 48.4 Å². The SMILES string of the molecule is CN1C=Cc2cn(Cc3ccc([N+](=O)[O-])cc3)c3c2C1C=C(N)C3=O. The number of ketones is 1. The number of rotatable bonds is 3. The Hall–Kier alpha value is -3.35. The smallest absolute Gasteiger partial charge is 0.269 e. The number of hydrogen-bond donors (Lipinski definition) is 1. The molecule has 0 radical (unpaired) electrons. The van der Waals surface area contributed by atoms with Crippen LogP contribution in [0, 0.1) is 10.1 Å². The van der Waals surface area contributed by atoms with Crippen LogP contribution in [0.5, 0.6) is 0 Å². The lowest BCUT2D eigenvalue weighted by molar-refractivity contribution is -0.384. The fraction of sp³-hybridized carbons (Fsp3) is 0.167. The summed E-state index contributed by atoms with van der Waals surface area (Å²) in [7, 11) is 1.95. The molecule has 7 heteroatoms. The standard InChI is InChI=1S/C18H16N4O3/c1-20-7-6-12-10-21(9-11-2-4-13(5-3-11)22(24)25)17-16(12)15(20)8-14(19)18(17)23/h2-8,10,15H,9,19H2,1H3. The van der Waals surface area contributed by atoms with E-state index in [-0.39, 0.29) is 23.2 Å². The third-order valence-corrected chi connectivity index (χ3v) is 4.69. The van der Waals surface area contributed by atoms with Crippen LogP contribution < -0.4 is 5.73 Å². The van der Waals surface area contributed by atoms with Crippen molar-refractivity contribution < 1.29 is 9.72 Å². The largest absolute Gasteiger partial charge is 0.396 e. The van der Waals surface area contributed by atoms with Gasteiger partial charge in [0.15, 0.2) is 0 Å². The number of allylic oxidation sites excluding steroid dienone is 1. The minimum atomic E-state index is -0.428. The molecule has 2 aliphatic rings. The number of carbonyl (C=O) groups is 1. The zero-order chi connectivity index (χ0) is 17.7. The predicted octanol–water partition coefficient (Wildman–Crippen LogP) is 2.44. The first-order valence-electron chi connectivity index (χ1n) is 7.84.